The summed E-state index contributed by atoms with van der Waals surface area (Å²) in [7, 11) is 0. The van der Waals surface area contributed by atoms with Gasteiger partial charge < -0.3 is 9.47 Å². The van der Waals surface area contributed by atoms with E-state index in [0.29, 0.717) is 17.1 Å². The maximum atomic E-state index is 12.2. The van der Waals surface area contributed by atoms with Gasteiger partial charge in [0.2, 0.25) is 12.7 Å². The van der Waals surface area contributed by atoms with Crippen LogP contribution >= 0.6 is 0 Å². The van der Waals surface area contributed by atoms with Crippen LogP contribution in [-0.2, 0) is 0 Å². The predicted molar refractivity (Wildman–Crippen MR) is 67.3 cm³/mol. The number of rotatable bonds is 2. The van der Waals surface area contributed by atoms with Crippen molar-refractivity contribution in [3.8, 4) is 11.5 Å². The van der Waals surface area contributed by atoms with Gasteiger partial charge in [-0.2, -0.15) is 0 Å². The molecule has 0 bridgehead atoms. The Morgan fingerprint density at radius 1 is 1.32 bits per heavy atom. The minimum Gasteiger partial charge on any atom is -0.454 e. The van der Waals surface area contributed by atoms with Crippen LogP contribution in [0.3, 0.4) is 0 Å². The van der Waals surface area contributed by atoms with Gasteiger partial charge in [0.15, 0.2) is 11.5 Å². The fourth-order valence-electron chi connectivity index (χ4n) is 1.79. The van der Waals surface area contributed by atoms with Crippen molar-refractivity contribution in [2.75, 3.05) is 12.1 Å². The number of carbonyl (C=O) groups excluding carboxylic acids is 1. The number of nitrogens with zero attached hydrogens (tertiary/aromatic N) is 2. The van der Waals surface area contributed by atoms with Gasteiger partial charge >= 0.3 is 0 Å². The lowest BCUT2D eigenvalue weighted by molar-refractivity contribution is 0.102. The fraction of sp³-hybridized carbons (Fsp3) is 0.154. The summed E-state index contributed by atoms with van der Waals surface area (Å²) in [5.41, 5.74) is 1.18. The molecular formula is C13H11N3O3. The van der Waals surface area contributed by atoms with Crippen molar-refractivity contribution in [2.45, 2.75) is 6.92 Å². The number of para-hydroxylation sites is 1. The summed E-state index contributed by atoms with van der Waals surface area (Å²) in [6.45, 7) is 1.95. The first-order valence-corrected chi connectivity index (χ1v) is 5.73. The van der Waals surface area contributed by atoms with Crippen molar-refractivity contribution in [3.05, 3.63) is 41.7 Å². The monoisotopic (exact) mass is 257 g/mol. The van der Waals surface area contributed by atoms with E-state index >= 15 is 0 Å². The molecule has 0 saturated carbocycles. The van der Waals surface area contributed by atoms with E-state index in [9.17, 15) is 4.79 Å². The summed E-state index contributed by atoms with van der Waals surface area (Å²) in [4.78, 5) is 20.3. The molecule has 6 nitrogen and oxygen atoms in total. The molecule has 0 saturated heterocycles. The van der Waals surface area contributed by atoms with Gasteiger partial charge in [-0.05, 0) is 25.1 Å². The lowest BCUT2D eigenvalue weighted by atomic mass is 10.2. The van der Waals surface area contributed by atoms with E-state index in [0.717, 1.165) is 5.69 Å². The van der Waals surface area contributed by atoms with E-state index in [-0.39, 0.29) is 18.6 Å². The highest BCUT2D eigenvalue weighted by molar-refractivity contribution is 6.06. The number of hydrogen-bond acceptors (Lipinski definition) is 5. The van der Waals surface area contributed by atoms with E-state index in [1.165, 1.54) is 0 Å². The number of ether oxygens (including phenoxy) is 2. The number of aryl methyl sites for hydroxylation is 1. The predicted octanol–water partition coefficient (Wildman–Crippen LogP) is 1.77. The van der Waals surface area contributed by atoms with Crippen LogP contribution in [0.15, 0.2) is 30.5 Å². The molecule has 1 amide bonds. The fourth-order valence-corrected chi connectivity index (χ4v) is 1.79. The van der Waals surface area contributed by atoms with Crippen LogP contribution in [0, 0.1) is 6.92 Å². The first kappa shape index (κ1) is 11.5. The topological polar surface area (TPSA) is 73.3 Å². The molecular weight excluding hydrogens is 246 g/mol. The first-order chi connectivity index (χ1) is 9.24. The van der Waals surface area contributed by atoms with Gasteiger partial charge in [-0.15, -0.1) is 0 Å². The summed E-state index contributed by atoms with van der Waals surface area (Å²) in [5.74, 6) is 0.958. The molecule has 1 aliphatic rings. The Balaban J connectivity index is 1.87. The summed E-state index contributed by atoms with van der Waals surface area (Å²) < 4.78 is 10.5. The normalized spacial score (nSPS) is 12.3. The lowest BCUT2D eigenvalue weighted by Gasteiger charge is -2.06. The van der Waals surface area contributed by atoms with E-state index in [1.54, 1.807) is 30.5 Å². The average Bonchev–Trinajstić information content (AvgIpc) is 2.86. The minimum atomic E-state index is -0.326. The van der Waals surface area contributed by atoms with Crippen molar-refractivity contribution in [1.82, 2.24) is 9.97 Å². The maximum Gasteiger partial charge on any atom is 0.261 e. The summed E-state index contributed by atoms with van der Waals surface area (Å²) in [6.07, 6.45) is 1.59. The quantitative estimate of drug-likeness (QED) is 0.887. The number of hydrogen-bond donors (Lipinski definition) is 1. The van der Waals surface area contributed by atoms with E-state index < -0.39 is 0 Å². The maximum absolute atomic E-state index is 12.2. The summed E-state index contributed by atoms with van der Waals surface area (Å²) in [5, 5.41) is 2.63. The van der Waals surface area contributed by atoms with Crippen molar-refractivity contribution >= 4 is 11.9 Å². The Bertz CT molecular complexity index is 643. The van der Waals surface area contributed by atoms with Crippen LogP contribution < -0.4 is 14.8 Å². The van der Waals surface area contributed by atoms with E-state index in [4.69, 9.17) is 9.47 Å². The number of nitrogens with one attached hydrogen (secondary N) is 1. The number of anilines is 1. The van der Waals surface area contributed by atoms with Crippen LogP contribution in [0.5, 0.6) is 11.5 Å². The largest absolute Gasteiger partial charge is 0.454 e. The number of amides is 1. The van der Waals surface area contributed by atoms with Crippen molar-refractivity contribution < 1.29 is 14.3 Å². The Kier molecular flexibility index (Phi) is 2.75. The standard InChI is InChI=1S/C13H11N3O3/c1-8-5-6-14-13(15-8)16-12(17)9-3-2-4-10-11(9)19-7-18-10/h2-6H,7H2,1H3,(H,14,15,16,17). The summed E-state index contributed by atoms with van der Waals surface area (Å²) >= 11 is 0. The number of fused-ring (bicyclic) bond motifs is 1. The summed E-state index contributed by atoms with van der Waals surface area (Å²) in [6, 6.07) is 6.91. The Morgan fingerprint density at radius 3 is 3.05 bits per heavy atom. The molecule has 6 heteroatoms. The molecule has 0 fully saturated rings. The second-order valence-corrected chi connectivity index (χ2v) is 4.02. The van der Waals surface area contributed by atoms with Gasteiger partial charge in [0.05, 0.1) is 5.56 Å². The SMILES string of the molecule is Cc1ccnc(NC(=O)c2cccc3c2OCO3)n1. The molecule has 0 radical (unpaired) electrons. The molecule has 0 atom stereocenters. The molecule has 1 N–H and O–H groups in total. The van der Waals surface area contributed by atoms with E-state index in [2.05, 4.69) is 15.3 Å². The Labute approximate surface area is 109 Å². The molecule has 3 rings (SSSR count). The zero-order valence-electron chi connectivity index (χ0n) is 10.2. The molecule has 96 valence electrons. The number of benzene rings is 1. The zero-order chi connectivity index (χ0) is 13.2. The van der Waals surface area contributed by atoms with Gasteiger partial charge in [0.25, 0.3) is 5.91 Å². The van der Waals surface area contributed by atoms with Gasteiger partial charge in [-0.1, -0.05) is 6.07 Å². The van der Waals surface area contributed by atoms with Crippen molar-refractivity contribution in [1.29, 1.82) is 0 Å². The van der Waals surface area contributed by atoms with Gasteiger partial charge in [-0.3, -0.25) is 10.1 Å². The number of carbonyl (C=O) groups is 1. The Hall–Kier alpha value is -2.63. The lowest BCUT2D eigenvalue weighted by Crippen LogP contribution is -2.15. The van der Waals surface area contributed by atoms with Gasteiger partial charge in [-0.25, -0.2) is 9.97 Å². The van der Waals surface area contributed by atoms with Crippen LogP contribution in [0.25, 0.3) is 0 Å². The molecule has 1 aliphatic heterocycles. The smallest absolute Gasteiger partial charge is 0.261 e. The molecule has 2 aromatic rings. The van der Waals surface area contributed by atoms with Gasteiger partial charge in [0.1, 0.15) is 0 Å². The highest BCUT2D eigenvalue weighted by Crippen LogP contribution is 2.35. The highest BCUT2D eigenvalue weighted by Gasteiger charge is 2.22. The highest BCUT2D eigenvalue weighted by atomic mass is 16.7. The molecule has 1 aromatic heterocycles. The van der Waals surface area contributed by atoms with Gasteiger partial charge in [0, 0.05) is 11.9 Å². The third kappa shape index (κ3) is 2.20. The van der Waals surface area contributed by atoms with Crippen molar-refractivity contribution in [2.24, 2.45) is 0 Å². The molecule has 0 unspecified atom stereocenters. The minimum absolute atomic E-state index is 0.126. The Morgan fingerprint density at radius 2 is 2.21 bits per heavy atom. The van der Waals surface area contributed by atoms with Crippen LogP contribution in [0.2, 0.25) is 0 Å². The zero-order valence-corrected chi connectivity index (χ0v) is 10.2. The molecule has 0 spiro atoms. The van der Waals surface area contributed by atoms with Crippen LogP contribution in [0.4, 0.5) is 5.95 Å². The van der Waals surface area contributed by atoms with E-state index in [1.807, 2.05) is 6.92 Å². The van der Waals surface area contributed by atoms with Crippen molar-refractivity contribution in [3.63, 3.8) is 0 Å². The second kappa shape index (κ2) is 4.56. The third-order valence-corrected chi connectivity index (χ3v) is 2.66. The van der Waals surface area contributed by atoms with Crippen LogP contribution in [0.1, 0.15) is 16.1 Å². The molecule has 2 heterocycles. The van der Waals surface area contributed by atoms with Crippen LogP contribution in [-0.4, -0.2) is 22.7 Å². The molecule has 19 heavy (non-hydrogen) atoms. The third-order valence-electron chi connectivity index (χ3n) is 2.66. The molecule has 1 aromatic carbocycles. The second-order valence-electron chi connectivity index (χ2n) is 4.02. The average molecular weight is 257 g/mol. The molecule has 0 aliphatic carbocycles. The first-order valence-electron chi connectivity index (χ1n) is 5.73. The number of aromatic nitrogens is 2.